The van der Waals surface area contributed by atoms with Crippen LogP contribution in [-0.2, 0) is 0 Å². The minimum atomic E-state index is -0.212. The van der Waals surface area contributed by atoms with Crippen LogP contribution in [0.3, 0.4) is 0 Å². The molecular weight excluding hydrogens is 304 g/mol. The van der Waals surface area contributed by atoms with Gasteiger partial charge in [0.05, 0.1) is 12.0 Å². The molecule has 2 N–H and O–H groups in total. The van der Waals surface area contributed by atoms with Crippen LogP contribution in [0.15, 0.2) is 41.5 Å². The van der Waals surface area contributed by atoms with Gasteiger partial charge in [0.15, 0.2) is 0 Å². The van der Waals surface area contributed by atoms with Crippen LogP contribution in [0.5, 0.6) is 0 Å². The minimum Gasteiger partial charge on any atom is -0.350 e. The van der Waals surface area contributed by atoms with Crippen LogP contribution in [0.4, 0.5) is 0 Å². The SMILES string of the molecule is CCN1CCC[C@@H]1CNC(=O)c1cccc(-c2cc(=O)[nH]cn2)c1. The summed E-state index contributed by atoms with van der Waals surface area (Å²) < 4.78 is 0. The largest absolute Gasteiger partial charge is 0.350 e. The topological polar surface area (TPSA) is 78.1 Å². The molecule has 1 aliphatic heterocycles. The van der Waals surface area contributed by atoms with E-state index in [1.54, 1.807) is 18.2 Å². The van der Waals surface area contributed by atoms with E-state index < -0.39 is 0 Å². The molecule has 0 saturated carbocycles. The Morgan fingerprint density at radius 3 is 3.08 bits per heavy atom. The third kappa shape index (κ3) is 3.71. The van der Waals surface area contributed by atoms with Gasteiger partial charge < -0.3 is 10.3 Å². The van der Waals surface area contributed by atoms with Crippen LogP contribution in [0.1, 0.15) is 30.1 Å². The molecule has 1 aromatic heterocycles. The molecule has 6 nitrogen and oxygen atoms in total. The molecule has 0 radical (unpaired) electrons. The fourth-order valence-corrected chi connectivity index (χ4v) is 3.20. The normalized spacial score (nSPS) is 17.8. The first kappa shape index (κ1) is 16.4. The molecule has 0 bridgehead atoms. The van der Waals surface area contributed by atoms with E-state index in [1.165, 1.54) is 18.8 Å². The number of likely N-dealkylation sites (N-methyl/N-ethyl adjacent to an activating group) is 1. The molecule has 0 spiro atoms. The molecule has 2 aromatic rings. The molecule has 0 aliphatic carbocycles. The fraction of sp³-hybridized carbons (Fsp3) is 0.389. The molecule has 126 valence electrons. The molecule has 2 heterocycles. The van der Waals surface area contributed by atoms with Crippen molar-refractivity contribution in [3.63, 3.8) is 0 Å². The first-order chi connectivity index (χ1) is 11.7. The van der Waals surface area contributed by atoms with Crippen LogP contribution in [0.2, 0.25) is 0 Å². The number of rotatable bonds is 5. The maximum atomic E-state index is 12.4. The van der Waals surface area contributed by atoms with Gasteiger partial charge in [0.1, 0.15) is 0 Å². The summed E-state index contributed by atoms with van der Waals surface area (Å²) in [5, 5.41) is 3.03. The Hall–Kier alpha value is -2.47. The number of hydrogen-bond donors (Lipinski definition) is 2. The molecule has 0 unspecified atom stereocenters. The average molecular weight is 326 g/mol. The molecular formula is C18H22N4O2. The van der Waals surface area contributed by atoms with Gasteiger partial charge in [0.25, 0.3) is 11.5 Å². The number of carbonyl (C=O) groups is 1. The molecule has 1 amide bonds. The number of nitrogens with zero attached hydrogens (tertiary/aromatic N) is 2. The lowest BCUT2D eigenvalue weighted by Crippen LogP contribution is -2.40. The molecule has 6 heteroatoms. The van der Waals surface area contributed by atoms with E-state index in [4.69, 9.17) is 0 Å². The number of nitrogens with one attached hydrogen (secondary N) is 2. The zero-order valence-corrected chi connectivity index (χ0v) is 13.8. The minimum absolute atomic E-state index is 0.0929. The lowest BCUT2D eigenvalue weighted by atomic mass is 10.1. The molecule has 1 aromatic carbocycles. The second-order valence-electron chi connectivity index (χ2n) is 6.01. The number of H-pyrrole nitrogens is 1. The van der Waals surface area contributed by atoms with Crippen molar-refractivity contribution >= 4 is 5.91 Å². The van der Waals surface area contributed by atoms with Gasteiger partial charge >= 0.3 is 0 Å². The zero-order valence-electron chi connectivity index (χ0n) is 13.8. The van der Waals surface area contributed by atoms with E-state index in [-0.39, 0.29) is 11.5 Å². The van der Waals surface area contributed by atoms with Gasteiger partial charge in [-0.05, 0) is 38.1 Å². The standard InChI is InChI=1S/C18H22N4O2/c1-2-22-8-4-7-15(22)11-19-18(24)14-6-3-5-13(9-14)16-10-17(23)21-12-20-16/h3,5-6,9-10,12,15H,2,4,7-8,11H2,1H3,(H,19,24)(H,20,21,23)/t15-/m1/s1. The van der Waals surface area contributed by atoms with E-state index in [0.717, 1.165) is 25.1 Å². The van der Waals surface area contributed by atoms with Gasteiger partial charge in [-0.25, -0.2) is 4.98 Å². The number of hydrogen-bond acceptors (Lipinski definition) is 4. The van der Waals surface area contributed by atoms with Crippen molar-refractivity contribution in [3.05, 3.63) is 52.6 Å². The summed E-state index contributed by atoms with van der Waals surface area (Å²) >= 11 is 0. The number of aromatic nitrogens is 2. The van der Waals surface area contributed by atoms with E-state index in [9.17, 15) is 9.59 Å². The van der Waals surface area contributed by atoms with E-state index in [1.807, 2.05) is 6.07 Å². The summed E-state index contributed by atoms with van der Waals surface area (Å²) in [6.45, 7) is 4.95. The molecule has 1 fully saturated rings. The average Bonchev–Trinajstić information content (AvgIpc) is 3.07. The third-order valence-corrected chi connectivity index (χ3v) is 4.50. The van der Waals surface area contributed by atoms with Gasteiger partial charge in [0.2, 0.25) is 0 Å². The summed E-state index contributed by atoms with van der Waals surface area (Å²) in [6.07, 6.45) is 3.69. The van der Waals surface area contributed by atoms with E-state index in [2.05, 4.69) is 27.1 Å². The Kier molecular flexibility index (Phi) is 5.05. The highest BCUT2D eigenvalue weighted by molar-refractivity contribution is 5.95. The Morgan fingerprint density at radius 1 is 1.42 bits per heavy atom. The maximum absolute atomic E-state index is 12.4. The van der Waals surface area contributed by atoms with E-state index in [0.29, 0.717) is 23.8 Å². The Morgan fingerprint density at radius 2 is 2.29 bits per heavy atom. The van der Waals surface area contributed by atoms with Gasteiger partial charge in [-0.3, -0.25) is 14.5 Å². The summed E-state index contributed by atoms with van der Waals surface area (Å²) in [5.41, 5.74) is 1.68. The van der Waals surface area contributed by atoms with E-state index >= 15 is 0 Å². The smallest absolute Gasteiger partial charge is 0.251 e. The highest BCUT2D eigenvalue weighted by Crippen LogP contribution is 2.18. The van der Waals surface area contributed by atoms with Crippen molar-refractivity contribution in [1.82, 2.24) is 20.2 Å². The molecule has 1 atom stereocenters. The summed E-state index contributed by atoms with van der Waals surface area (Å²) in [7, 11) is 0. The summed E-state index contributed by atoms with van der Waals surface area (Å²) in [5.74, 6) is -0.0929. The second-order valence-corrected chi connectivity index (χ2v) is 6.01. The summed E-state index contributed by atoms with van der Waals surface area (Å²) in [4.78, 5) is 32.9. The molecule has 24 heavy (non-hydrogen) atoms. The molecule has 3 rings (SSSR count). The van der Waals surface area contributed by atoms with Crippen LogP contribution < -0.4 is 10.9 Å². The van der Waals surface area contributed by atoms with Crippen molar-refractivity contribution < 1.29 is 4.79 Å². The summed E-state index contributed by atoms with van der Waals surface area (Å²) in [6, 6.07) is 9.04. The number of likely N-dealkylation sites (tertiary alicyclic amines) is 1. The molecule has 1 saturated heterocycles. The van der Waals surface area contributed by atoms with Crippen molar-refractivity contribution in [2.24, 2.45) is 0 Å². The van der Waals surface area contributed by atoms with Crippen molar-refractivity contribution in [3.8, 4) is 11.3 Å². The van der Waals surface area contributed by atoms with Gasteiger partial charge in [-0.15, -0.1) is 0 Å². The van der Waals surface area contributed by atoms with Crippen LogP contribution >= 0.6 is 0 Å². The Bertz CT molecular complexity index is 771. The van der Waals surface area contributed by atoms with Crippen molar-refractivity contribution in [2.45, 2.75) is 25.8 Å². The lowest BCUT2D eigenvalue weighted by Gasteiger charge is -2.22. The second kappa shape index (κ2) is 7.40. The van der Waals surface area contributed by atoms with Gasteiger partial charge in [-0.1, -0.05) is 19.1 Å². The maximum Gasteiger partial charge on any atom is 0.251 e. The molecule has 1 aliphatic rings. The van der Waals surface area contributed by atoms with Gasteiger partial charge in [0, 0.05) is 29.8 Å². The first-order valence-corrected chi connectivity index (χ1v) is 8.35. The Labute approximate surface area is 140 Å². The monoisotopic (exact) mass is 326 g/mol. The van der Waals surface area contributed by atoms with Crippen molar-refractivity contribution in [2.75, 3.05) is 19.6 Å². The van der Waals surface area contributed by atoms with Gasteiger partial charge in [-0.2, -0.15) is 0 Å². The fourth-order valence-electron chi connectivity index (χ4n) is 3.20. The highest BCUT2D eigenvalue weighted by Gasteiger charge is 2.23. The zero-order chi connectivity index (χ0) is 16.9. The third-order valence-electron chi connectivity index (χ3n) is 4.50. The van der Waals surface area contributed by atoms with Crippen molar-refractivity contribution in [1.29, 1.82) is 0 Å². The number of carbonyl (C=O) groups excluding carboxylic acids is 1. The van der Waals surface area contributed by atoms with Crippen LogP contribution in [-0.4, -0.2) is 46.5 Å². The number of aromatic amines is 1. The number of benzene rings is 1. The van der Waals surface area contributed by atoms with Crippen LogP contribution in [0, 0.1) is 0 Å². The number of amides is 1. The quantitative estimate of drug-likeness (QED) is 0.876. The van der Waals surface area contributed by atoms with Crippen LogP contribution in [0.25, 0.3) is 11.3 Å². The first-order valence-electron chi connectivity index (χ1n) is 8.35. The predicted molar refractivity (Wildman–Crippen MR) is 92.9 cm³/mol. The highest BCUT2D eigenvalue weighted by atomic mass is 16.1. The Balaban J connectivity index is 1.69. The lowest BCUT2D eigenvalue weighted by molar-refractivity contribution is 0.0941. The predicted octanol–water partition coefficient (Wildman–Crippen LogP) is 1.65.